The Labute approximate surface area is 116 Å². The third kappa shape index (κ3) is 3.12. The lowest BCUT2D eigenvalue weighted by molar-refractivity contribution is -0.148. The molecule has 20 heavy (non-hydrogen) atoms. The number of rotatable bonds is 5. The Kier molecular flexibility index (Phi) is 4.67. The third-order valence-corrected chi connectivity index (χ3v) is 2.75. The van der Waals surface area contributed by atoms with Crippen molar-refractivity contribution in [2.75, 3.05) is 13.2 Å². The predicted molar refractivity (Wildman–Crippen MR) is 74.0 cm³/mol. The van der Waals surface area contributed by atoms with Crippen LogP contribution in [0.2, 0.25) is 0 Å². The molecule has 1 aliphatic carbocycles. The van der Waals surface area contributed by atoms with Crippen LogP contribution in [-0.2, 0) is 20.8 Å². The van der Waals surface area contributed by atoms with Crippen molar-refractivity contribution >= 4 is 17.4 Å². The highest BCUT2D eigenvalue weighted by Gasteiger charge is 2.25. The van der Waals surface area contributed by atoms with Gasteiger partial charge in [0.15, 0.2) is 0 Å². The summed E-state index contributed by atoms with van der Waals surface area (Å²) in [4.78, 5) is 16.2. The molecule has 0 spiro atoms. The van der Waals surface area contributed by atoms with Crippen molar-refractivity contribution in [3.05, 3.63) is 35.4 Å². The maximum atomic E-state index is 11.2. The Bertz CT molecular complexity index is 554. The first-order valence-corrected chi connectivity index (χ1v) is 6.22. The van der Waals surface area contributed by atoms with Crippen LogP contribution in [0.25, 0.3) is 0 Å². The number of benzene rings is 1. The fourth-order valence-corrected chi connectivity index (χ4v) is 1.95. The van der Waals surface area contributed by atoms with Crippen molar-refractivity contribution < 1.29 is 14.4 Å². The van der Waals surface area contributed by atoms with Gasteiger partial charge in [0.1, 0.15) is 5.71 Å². The second kappa shape index (κ2) is 6.67. The van der Waals surface area contributed by atoms with E-state index in [4.69, 9.17) is 15.4 Å². The molecule has 0 atom stereocenters. The Balaban J connectivity index is 2.14. The number of nitrogens with one attached hydrogen (secondary N) is 1. The summed E-state index contributed by atoms with van der Waals surface area (Å²) in [5.74, 6) is 4.75. The molecule has 0 aliphatic heterocycles. The van der Waals surface area contributed by atoms with Crippen LogP contribution >= 0.6 is 0 Å². The second-order valence-corrected chi connectivity index (χ2v) is 4.04. The van der Waals surface area contributed by atoms with Crippen molar-refractivity contribution in [2.24, 2.45) is 16.1 Å². The van der Waals surface area contributed by atoms with E-state index in [2.05, 4.69) is 15.8 Å². The molecule has 0 radical (unpaired) electrons. The fraction of sp³-hybridized carbons (Fsp3) is 0.308. The van der Waals surface area contributed by atoms with Crippen molar-refractivity contribution in [3.63, 3.8) is 0 Å². The van der Waals surface area contributed by atoms with E-state index in [1.54, 1.807) is 6.92 Å². The predicted octanol–water partition coefficient (Wildman–Crippen LogP) is 0.346. The van der Waals surface area contributed by atoms with Crippen molar-refractivity contribution in [2.45, 2.75) is 13.3 Å². The number of nitrogens with two attached hydrogens (primary N) is 1. The second-order valence-electron chi connectivity index (χ2n) is 4.04. The van der Waals surface area contributed by atoms with Gasteiger partial charge in [-0.05, 0) is 12.5 Å². The molecule has 7 heteroatoms. The summed E-state index contributed by atoms with van der Waals surface area (Å²) < 4.78 is 4.75. The lowest BCUT2D eigenvalue weighted by atomic mass is 10.1. The van der Waals surface area contributed by atoms with E-state index in [-0.39, 0.29) is 6.61 Å². The minimum atomic E-state index is -0.460. The van der Waals surface area contributed by atoms with Crippen LogP contribution in [0, 0.1) is 0 Å². The largest absolute Gasteiger partial charge is 0.463 e. The van der Waals surface area contributed by atoms with Gasteiger partial charge in [0, 0.05) is 12.0 Å². The molecule has 0 saturated heterocycles. The number of ether oxygens (including phenoxy) is 1. The van der Waals surface area contributed by atoms with Gasteiger partial charge in [0.05, 0.1) is 12.3 Å². The highest BCUT2D eigenvalue weighted by atomic mass is 16.7. The molecule has 0 heterocycles. The van der Waals surface area contributed by atoms with Gasteiger partial charge in [-0.25, -0.2) is 16.2 Å². The molecule has 1 aromatic rings. The van der Waals surface area contributed by atoms with Gasteiger partial charge >= 0.3 is 5.97 Å². The summed E-state index contributed by atoms with van der Waals surface area (Å²) >= 11 is 0. The standard InChI is InChI=1S/C13H16N4O3/c1-2-19-12(18)8-20-16-13-10-6-4-3-5-9(10)7-11(13)15-17-14/h3-6,17H,2,7-8,14H2,1H3/b15-11+,16-13+. The number of hydrazone groups is 1. The van der Waals surface area contributed by atoms with Gasteiger partial charge < -0.3 is 9.57 Å². The van der Waals surface area contributed by atoms with E-state index in [1.807, 2.05) is 24.3 Å². The SMILES string of the molecule is CCOC(=O)CO/N=C1/C(=N/NN)Cc2ccccc21. The third-order valence-electron chi connectivity index (χ3n) is 2.75. The molecule has 1 aliphatic rings. The van der Waals surface area contributed by atoms with Crippen LogP contribution < -0.4 is 11.4 Å². The molecule has 0 bridgehead atoms. The van der Waals surface area contributed by atoms with Gasteiger partial charge in [-0.2, -0.15) is 5.10 Å². The first-order valence-electron chi connectivity index (χ1n) is 6.22. The average Bonchev–Trinajstić information content (AvgIpc) is 2.78. The monoisotopic (exact) mass is 276 g/mol. The molecule has 1 aromatic carbocycles. The van der Waals surface area contributed by atoms with Crippen molar-refractivity contribution in [1.82, 2.24) is 5.53 Å². The highest BCUT2D eigenvalue weighted by Crippen LogP contribution is 2.20. The average molecular weight is 276 g/mol. The number of carbonyl (C=O) groups excluding carboxylic acids is 1. The molecule has 2 rings (SSSR count). The number of fused-ring (bicyclic) bond motifs is 1. The van der Waals surface area contributed by atoms with E-state index in [1.165, 1.54) is 0 Å². The Morgan fingerprint density at radius 2 is 2.25 bits per heavy atom. The molecule has 0 aromatic heterocycles. The molecule has 0 fully saturated rings. The topological polar surface area (TPSA) is 98.3 Å². The number of hydrogen-bond acceptors (Lipinski definition) is 7. The van der Waals surface area contributed by atoms with Gasteiger partial charge in [-0.3, -0.25) is 0 Å². The van der Waals surface area contributed by atoms with E-state index in [0.29, 0.717) is 24.5 Å². The lowest BCUT2D eigenvalue weighted by Crippen LogP contribution is -2.21. The molecule has 106 valence electrons. The molecule has 3 N–H and O–H groups in total. The number of carbonyl (C=O) groups is 1. The summed E-state index contributed by atoms with van der Waals surface area (Å²) in [5.41, 5.74) is 5.50. The maximum Gasteiger partial charge on any atom is 0.347 e. The molecular formula is C13H16N4O3. The number of nitrogens with zero attached hydrogens (tertiary/aromatic N) is 2. The van der Waals surface area contributed by atoms with Crippen LogP contribution in [-0.4, -0.2) is 30.6 Å². The maximum absolute atomic E-state index is 11.2. The summed E-state index contributed by atoms with van der Waals surface area (Å²) in [5, 5.41) is 7.95. The minimum Gasteiger partial charge on any atom is -0.463 e. The van der Waals surface area contributed by atoms with Gasteiger partial charge in [-0.15, -0.1) is 0 Å². The van der Waals surface area contributed by atoms with Crippen LogP contribution in [0.3, 0.4) is 0 Å². The number of hydrogen-bond donors (Lipinski definition) is 2. The summed E-state index contributed by atoms with van der Waals surface area (Å²) in [6.45, 7) is 1.81. The Hall–Kier alpha value is -2.41. The zero-order valence-corrected chi connectivity index (χ0v) is 11.1. The van der Waals surface area contributed by atoms with E-state index < -0.39 is 5.97 Å². The molecule has 0 unspecified atom stereocenters. The Morgan fingerprint density at radius 1 is 1.45 bits per heavy atom. The first kappa shape index (κ1) is 14.0. The summed E-state index contributed by atoms with van der Waals surface area (Å²) in [6, 6.07) is 7.74. The van der Waals surface area contributed by atoms with Crippen LogP contribution in [0.4, 0.5) is 0 Å². The van der Waals surface area contributed by atoms with Gasteiger partial charge in [0.2, 0.25) is 6.61 Å². The molecule has 0 amide bonds. The van der Waals surface area contributed by atoms with E-state index >= 15 is 0 Å². The van der Waals surface area contributed by atoms with E-state index in [0.717, 1.165) is 11.1 Å². The normalized spacial score (nSPS) is 17.1. The zero-order valence-electron chi connectivity index (χ0n) is 11.1. The first-order chi connectivity index (χ1) is 9.76. The zero-order chi connectivity index (χ0) is 14.4. The van der Waals surface area contributed by atoms with E-state index in [9.17, 15) is 4.79 Å². The van der Waals surface area contributed by atoms with Crippen LogP contribution in [0.1, 0.15) is 18.1 Å². The number of hydrazine groups is 1. The van der Waals surface area contributed by atoms with Gasteiger partial charge in [0.25, 0.3) is 0 Å². The molecule has 0 saturated carbocycles. The van der Waals surface area contributed by atoms with Crippen LogP contribution in [0.15, 0.2) is 34.5 Å². The summed E-state index contributed by atoms with van der Waals surface area (Å²) in [7, 11) is 0. The van der Waals surface area contributed by atoms with Crippen LogP contribution in [0.5, 0.6) is 0 Å². The summed E-state index contributed by atoms with van der Waals surface area (Å²) in [6.07, 6.45) is 0.613. The minimum absolute atomic E-state index is 0.233. The fourth-order valence-electron chi connectivity index (χ4n) is 1.95. The number of oxime groups is 1. The Morgan fingerprint density at radius 3 is 3.00 bits per heavy atom. The smallest absolute Gasteiger partial charge is 0.347 e. The lowest BCUT2D eigenvalue weighted by Gasteiger charge is -2.03. The van der Waals surface area contributed by atoms with Crippen molar-refractivity contribution in [3.8, 4) is 0 Å². The quantitative estimate of drug-likeness (QED) is 0.459. The van der Waals surface area contributed by atoms with Gasteiger partial charge in [-0.1, -0.05) is 29.4 Å². The molecular weight excluding hydrogens is 260 g/mol. The highest BCUT2D eigenvalue weighted by molar-refractivity contribution is 6.51. The number of esters is 1. The van der Waals surface area contributed by atoms with Crippen molar-refractivity contribution in [1.29, 1.82) is 0 Å². The molecule has 7 nitrogen and oxygen atoms in total.